The molecule has 0 spiro atoms. The Balaban J connectivity index is 5.09. The maximum Gasteiger partial charge on any atom is 0.510 e. The number of halogens is 10. The summed E-state index contributed by atoms with van der Waals surface area (Å²) in [4.78, 5) is 19.8. The average molecular weight is 326 g/mol. The van der Waals surface area contributed by atoms with Crippen LogP contribution in [-0.4, -0.2) is 36.5 Å². The highest BCUT2D eigenvalue weighted by Crippen LogP contribution is 2.39. The third kappa shape index (κ3) is 4.41. The topological polar surface area (TPSA) is 52.6 Å². The molecule has 14 heteroatoms. The molecule has 0 aliphatic heterocycles. The molecule has 0 rings (SSSR count). The lowest BCUT2D eigenvalue weighted by Gasteiger charge is -2.24. The molecule has 0 aromatic carbocycles. The van der Waals surface area contributed by atoms with Gasteiger partial charge in [-0.2, -0.15) is 43.9 Å². The SMILES string of the molecule is O=C(OC(F)(F)C(F)(F)OC(=O)C(F)(F)F)C(F)(F)F. The Kier molecular flexibility index (Phi) is 4.53. The van der Waals surface area contributed by atoms with Gasteiger partial charge in [-0.1, -0.05) is 0 Å². The van der Waals surface area contributed by atoms with Crippen LogP contribution in [0.4, 0.5) is 43.9 Å². The van der Waals surface area contributed by atoms with E-state index in [0.717, 1.165) is 0 Å². The molecular weight excluding hydrogens is 326 g/mol. The van der Waals surface area contributed by atoms with Crippen LogP contribution in [0.3, 0.4) is 0 Å². The van der Waals surface area contributed by atoms with E-state index in [-0.39, 0.29) is 0 Å². The van der Waals surface area contributed by atoms with Gasteiger partial charge in [-0.15, -0.1) is 0 Å². The standard InChI is InChI=1S/C6F10O4/c7-3(8,9)1(17)19-5(13,14)6(15,16)20-2(18)4(10,11)12. The zero-order valence-electron chi connectivity index (χ0n) is 8.41. The van der Waals surface area contributed by atoms with E-state index in [2.05, 4.69) is 0 Å². The highest BCUT2D eigenvalue weighted by Gasteiger charge is 2.68. The monoisotopic (exact) mass is 326 g/mol. The number of ether oxygens (including phenoxy) is 2. The van der Waals surface area contributed by atoms with Gasteiger partial charge in [0.05, 0.1) is 0 Å². The van der Waals surface area contributed by atoms with E-state index in [4.69, 9.17) is 0 Å². The molecule has 0 radical (unpaired) electrons. The van der Waals surface area contributed by atoms with Gasteiger partial charge < -0.3 is 9.47 Å². The Labute approximate surface area is 101 Å². The summed E-state index contributed by atoms with van der Waals surface area (Å²) in [5.41, 5.74) is 0. The molecule has 0 atom stereocenters. The summed E-state index contributed by atoms with van der Waals surface area (Å²) in [6, 6.07) is 0. The van der Waals surface area contributed by atoms with Gasteiger partial charge in [0.15, 0.2) is 0 Å². The van der Waals surface area contributed by atoms with Crippen LogP contribution in [0, 0.1) is 0 Å². The fourth-order valence-electron chi connectivity index (χ4n) is 0.467. The first-order chi connectivity index (χ1) is 8.51. The molecule has 118 valence electrons. The smallest absolute Gasteiger partial charge is 0.386 e. The lowest BCUT2D eigenvalue weighted by Crippen LogP contribution is -2.50. The van der Waals surface area contributed by atoms with Crippen molar-refractivity contribution in [1.82, 2.24) is 0 Å². The van der Waals surface area contributed by atoms with Crippen molar-refractivity contribution in [2.75, 3.05) is 0 Å². The first-order valence-electron chi connectivity index (χ1n) is 3.86. The Morgan fingerprint density at radius 1 is 0.550 bits per heavy atom. The first kappa shape index (κ1) is 18.2. The Morgan fingerprint density at radius 3 is 0.900 bits per heavy atom. The summed E-state index contributed by atoms with van der Waals surface area (Å²) in [5.74, 6) is -7.66. The third-order valence-corrected chi connectivity index (χ3v) is 1.24. The molecule has 0 aromatic heterocycles. The number of esters is 2. The van der Waals surface area contributed by atoms with Crippen molar-refractivity contribution in [3.8, 4) is 0 Å². The maximum absolute atomic E-state index is 12.4. The van der Waals surface area contributed by atoms with Gasteiger partial charge in [-0.25, -0.2) is 9.59 Å². The fourth-order valence-corrected chi connectivity index (χ4v) is 0.467. The predicted octanol–water partition coefficient (Wildman–Crippen LogP) is 2.38. The summed E-state index contributed by atoms with van der Waals surface area (Å²) < 4.78 is 122. The second kappa shape index (κ2) is 4.97. The molecule has 0 aliphatic rings. The number of hydrogen-bond donors (Lipinski definition) is 0. The van der Waals surface area contributed by atoms with Crippen molar-refractivity contribution < 1.29 is 63.0 Å². The Morgan fingerprint density at radius 2 is 0.750 bits per heavy atom. The molecule has 0 heterocycles. The molecule has 4 nitrogen and oxygen atoms in total. The van der Waals surface area contributed by atoms with E-state index in [0.29, 0.717) is 0 Å². The lowest BCUT2D eigenvalue weighted by atomic mass is 10.5. The van der Waals surface area contributed by atoms with Gasteiger partial charge in [0.25, 0.3) is 0 Å². The number of carbonyl (C=O) groups is 2. The van der Waals surface area contributed by atoms with Crippen molar-refractivity contribution in [3.05, 3.63) is 0 Å². The van der Waals surface area contributed by atoms with E-state index in [1.54, 1.807) is 0 Å². The van der Waals surface area contributed by atoms with E-state index in [1.807, 2.05) is 9.47 Å². The minimum atomic E-state index is -6.47. The van der Waals surface area contributed by atoms with Crippen LogP contribution in [0.15, 0.2) is 0 Å². The minimum Gasteiger partial charge on any atom is -0.386 e. The van der Waals surface area contributed by atoms with Gasteiger partial charge in [0.2, 0.25) is 0 Å². The second-order valence-electron chi connectivity index (χ2n) is 2.81. The predicted molar refractivity (Wildman–Crippen MR) is 34.2 cm³/mol. The van der Waals surface area contributed by atoms with E-state index >= 15 is 0 Å². The molecule has 0 bridgehead atoms. The van der Waals surface area contributed by atoms with Gasteiger partial charge >= 0.3 is 36.5 Å². The number of rotatable bonds is 3. The highest BCUT2D eigenvalue weighted by molar-refractivity contribution is 5.77. The Hall–Kier alpha value is -1.76. The quantitative estimate of drug-likeness (QED) is 0.590. The molecule has 0 N–H and O–H groups in total. The minimum absolute atomic E-state index is 1.99. The second-order valence-corrected chi connectivity index (χ2v) is 2.81. The molecule has 0 aliphatic carbocycles. The average Bonchev–Trinajstić information content (AvgIpc) is 2.12. The number of carbonyl (C=O) groups excluding carboxylic acids is 2. The van der Waals surface area contributed by atoms with Crippen molar-refractivity contribution >= 4 is 11.9 Å². The summed E-state index contributed by atoms with van der Waals surface area (Å²) in [7, 11) is 0. The van der Waals surface area contributed by atoms with Crippen molar-refractivity contribution in [2.45, 2.75) is 24.6 Å². The van der Waals surface area contributed by atoms with Crippen molar-refractivity contribution in [2.24, 2.45) is 0 Å². The van der Waals surface area contributed by atoms with E-state index < -0.39 is 36.5 Å². The first-order valence-corrected chi connectivity index (χ1v) is 3.86. The van der Waals surface area contributed by atoms with Crippen LogP contribution >= 0.6 is 0 Å². The van der Waals surface area contributed by atoms with Crippen LogP contribution in [0.25, 0.3) is 0 Å². The normalized spacial score (nSPS) is 13.9. The fraction of sp³-hybridized carbons (Fsp3) is 0.667. The van der Waals surface area contributed by atoms with Gasteiger partial charge in [-0.05, 0) is 0 Å². The van der Waals surface area contributed by atoms with Gasteiger partial charge in [0.1, 0.15) is 0 Å². The third-order valence-electron chi connectivity index (χ3n) is 1.24. The molecule has 20 heavy (non-hydrogen) atoms. The van der Waals surface area contributed by atoms with Gasteiger partial charge in [-0.3, -0.25) is 0 Å². The summed E-state index contributed by atoms with van der Waals surface area (Å²) >= 11 is 0. The number of alkyl halides is 10. The van der Waals surface area contributed by atoms with Crippen LogP contribution in [-0.2, 0) is 19.1 Å². The molecule has 0 unspecified atom stereocenters. The molecule has 0 aromatic rings. The van der Waals surface area contributed by atoms with Crippen LogP contribution in [0.5, 0.6) is 0 Å². The molecule has 0 saturated carbocycles. The molecular formula is C6F10O4. The summed E-state index contributed by atoms with van der Waals surface area (Å²) in [6.45, 7) is 0. The van der Waals surface area contributed by atoms with E-state index in [1.165, 1.54) is 0 Å². The Bertz CT molecular complexity index is 356. The molecule has 0 saturated heterocycles. The van der Waals surface area contributed by atoms with Crippen LogP contribution in [0.1, 0.15) is 0 Å². The van der Waals surface area contributed by atoms with Gasteiger partial charge in [0, 0.05) is 0 Å². The highest BCUT2D eigenvalue weighted by atomic mass is 19.4. The largest absolute Gasteiger partial charge is 0.510 e. The summed E-state index contributed by atoms with van der Waals surface area (Å²) in [5, 5.41) is 0. The van der Waals surface area contributed by atoms with Crippen LogP contribution < -0.4 is 0 Å². The zero-order valence-corrected chi connectivity index (χ0v) is 8.41. The number of hydrogen-bond acceptors (Lipinski definition) is 4. The van der Waals surface area contributed by atoms with Crippen LogP contribution in [0.2, 0.25) is 0 Å². The lowest BCUT2D eigenvalue weighted by molar-refractivity contribution is -0.413. The summed E-state index contributed by atoms with van der Waals surface area (Å²) in [6.07, 6.45) is -25.2. The zero-order chi connectivity index (χ0) is 16.6. The molecule has 0 fully saturated rings. The molecule has 0 amide bonds. The van der Waals surface area contributed by atoms with Crippen molar-refractivity contribution in [1.29, 1.82) is 0 Å². The van der Waals surface area contributed by atoms with Crippen molar-refractivity contribution in [3.63, 3.8) is 0 Å². The van der Waals surface area contributed by atoms with E-state index in [9.17, 15) is 53.5 Å². The maximum atomic E-state index is 12.4.